The van der Waals surface area contributed by atoms with Crippen LogP contribution in [0, 0.1) is 5.92 Å². The molecule has 0 aliphatic carbocycles. The summed E-state index contributed by atoms with van der Waals surface area (Å²) < 4.78 is 0. The van der Waals surface area contributed by atoms with Gasteiger partial charge in [-0.2, -0.15) is 0 Å². The maximum absolute atomic E-state index is 12.4. The van der Waals surface area contributed by atoms with Crippen LogP contribution < -0.4 is 10.6 Å². The number of benzene rings is 1. The molecule has 1 fully saturated rings. The Morgan fingerprint density at radius 3 is 2.35 bits per heavy atom. The van der Waals surface area contributed by atoms with Crippen molar-refractivity contribution in [2.75, 3.05) is 26.7 Å². The van der Waals surface area contributed by atoms with Crippen LogP contribution >= 0.6 is 24.0 Å². The van der Waals surface area contributed by atoms with E-state index in [9.17, 15) is 4.79 Å². The molecular formula is C20H33IN4O. The molecule has 2 rings (SSSR count). The van der Waals surface area contributed by atoms with Gasteiger partial charge in [0.1, 0.15) is 0 Å². The van der Waals surface area contributed by atoms with E-state index in [-0.39, 0.29) is 35.4 Å². The number of amides is 1. The molecule has 0 unspecified atom stereocenters. The van der Waals surface area contributed by atoms with Gasteiger partial charge in [0.05, 0.1) is 6.54 Å². The number of nitrogens with one attached hydrogen (secondary N) is 2. The summed E-state index contributed by atoms with van der Waals surface area (Å²) in [5.41, 5.74) is 1.31. The Labute approximate surface area is 175 Å². The third-order valence-electron chi connectivity index (χ3n) is 4.46. The Bertz CT molecular complexity index is 575. The molecule has 0 aromatic heterocycles. The van der Waals surface area contributed by atoms with Crippen LogP contribution in [0.15, 0.2) is 35.3 Å². The van der Waals surface area contributed by atoms with Crippen LogP contribution in [0.4, 0.5) is 0 Å². The monoisotopic (exact) mass is 472 g/mol. The Balaban J connectivity index is 0.00000338. The van der Waals surface area contributed by atoms with Crippen LogP contribution in [0.2, 0.25) is 0 Å². The summed E-state index contributed by atoms with van der Waals surface area (Å²) in [4.78, 5) is 18.6. The molecule has 1 heterocycles. The third-order valence-corrected chi connectivity index (χ3v) is 4.46. The van der Waals surface area contributed by atoms with Gasteiger partial charge in [-0.15, -0.1) is 24.0 Å². The maximum Gasteiger partial charge on any atom is 0.241 e. The molecule has 0 spiro atoms. The second kappa shape index (κ2) is 10.7. The normalized spacial score (nSPS) is 16.0. The molecule has 146 valence electrons. The number of carbonyl (C=O) groups excluding carboxylic acids is 1. The van der Waals surface area contributed by atoms with Crippen LogP contribution in [-0.2, 0) is 11.2 Å². The Morgan fingerprint density at radius 1 is 1.19 bits per heavy atom. The van der Waals surface area contributed by atoms with E-state index < -0.39 is 0 Å². The quantitative estimate of drug-likeness (QED) is 0.403. The van der Waals surface area contributed by atoms with Crippen molar-refractivity contribution in [2.24, 2.45) is 10.9 Å². The van der Waals surface area contributed by atoms with Crippen molar-refractivity contribution >= 4 is 35.8 Å². The van der Waals surface area contributed by atoms with E-state index in [1.807, 2.05) is 4.90 Å². The lowest BCUT2D eigenvalue weighted by Gasteiger charge is -2.32. The summed E-state index contributed by atoms with van der Waals surface area (Å²) >= 11 is 0. The lowest BCUT2D eigenvalue weighted by Crippen LogP contribution is -2.51. The van der Waals surface area contributed by atoms with Crippen molar-refractivity contribution in [2.45, 2.75) is 45.6 Å². The predicted octanol–water partition coefficient (Wildman–Crippen LogP) is 3.05. The largest absolute Gasteiger partial charge is 0.352 e. The van der Waals surface area contributed by atoms with E-state index >= 15 is 0 Å². The Kier molecular flexibility index (Phi) is 9.39. The zero-order valence-corrected chi connectivity index (χ0v) is 18.7. The van der Waals surface area contributed by atoms with Gasteiger partial charge in [0, 0.05) is 25.7 Å². The summed E-state index contributed by atoms with van der Waals surface area (Å²) in [5, 5.41) is 6.39. The number of rotatable bonds is 4. The van der Waals surface area contributed by atoms with Gasteiger partial charge >= 0.3 is 0 Å². The van der Waals surface area contributed by atoms with E-state index in [1.54, 1.807) is 7.05 Å². The highest BCUT2D eigenvalue weighted by molar-refractivity contribution is 14.0. The highest BCUT2D eigenvalue weighted by atomic mass is 127. The maximum atomic E-state index is 12.4. The number of piperidine rings is 1. The number of nitrogens with zero attached hydrogens (tertiary/aromatic N) is 2. The number of likely N-dealkylation sites (tertiary alicyclic amines) is 1. The van der Waals surface area contributed by atoms with Crippen molar-refractivity contribution in [1.29, 1.82) is 0 Å². The van der Waals surface area contributed by atoms with Gasteiger partial charge in [-0.25, -0.2) is 0 Å². The first-order valence-electron chi connectivity index (χ1n) is 9.18. The first-order chi connectivity index (χ1) is 11.9. The molecule has 1 aromatic rings. The summed E-state index contributed by atoms with van der Waals surface area (Å²) in [5.74, 6) is 1.49. The number of hydrogen-bond donors (Lipinski definition) is 2. The minimum Gasteiger partial charge on any atom is -0.352 e. The molecule has 6 heteroatoms. The average molecular weight is 472 g/mol. The summed E-state index contributed by atoms with van der Waals surface area (Å²) in [6.45, 7) is 8.20. The number of guanidine groups is 1. The molecule has 0 radical (unpaired) electrons. The smallest absolute Gasteiger partial charge is 0.241 e. The summed E-state index contributed by atoms with van der Waals surface area (Å²) in [6.07, 6.45) is 3.27. The predicted molar refractivity (Wildman–Crippen MR) is 119 cm³/mol. The van der Waals surface area contributed by atoms with E-state index in [4.69, 9.17) is 0 Å². The van der Waals surface area contributed by atoms with Crippen LogP contribution in [0.3, 0.4) is 0 Å². The third kappa shape index (κ3) is 7.93. The molecule has 5 nitrogen and oxygen atoms in total. The fourth-order valence-electron chi connectivity index (χ4n) is 3.14. The molecule has 2 N–H and O–H groups in total. The van der Waals surface area contributed by atoms with Gasteiger partial charge in [-0.3, -0.25) is 9.79 Å². The first-order valence-corrected chi connectivity index (χ1v) is 9.18. The molecule has 1 saturated heterocycles. The van der Waals surface area contributed by atoms with Crippen molar-refractivity contribution in [3.05, 3.63) is 35.9 Å². The SMILES string of the molecule is CN=C(NCC(=O)N1CCC(Cc2ccccc2)CC1)NC(C)(C)C.I. The van der Waals surface area contributed by atoms with Gasteiger partial charge in [-0.1, -0.05) is 30.3 Å². The van der Waals surface area contributed by atoms with Crippen LogP contribution in [-0.4, -0.2) is 49.0 Å². The number of aliphatic imine (C=N–C) groups is 1. The van der Waals surface area contributed by atoms with Crippen molar-refractivity contribution in [3.8, 4) is 0 Å². The molecule has 0 saturated carbocycles. The Morgan fingerprint density at radius 2 is 1.81 bits per heavy atom. The molecule has 1 aliphatic heterocycles. The fourth-order valence-corrected chi connectivity index (χ4v) is 3.14. The molecule has 1 aromatic carbocycles. The molecule has 0 atom stereocenters. The van der Waals surface area contributed by atoms with Gasteiger partial charge in [0.25, 0.3) is 0 Å². The average Bonchev–Trinajstić information content (AvgIpc) is 2.59. The second-order valence-electron chi connectivity index (χ2n) is 7.81. The van der Waals surface area contributed by atoms with Crippen LogP contribution in [0.1, 0.15) is 39.2 Å². The minimum atomic E-state index is -0.0827. The lowest BCUT2D eigenvalue weighted by atomic mass is 9.90. The topological polar surface area (TPSA) is 56.7 Å². The first kappa shape index (κ1) is 22.7. The fraction of sp³-hybridized carbons (Fsp3) is 0.600. The van der Waals surface area contributed by atoms with E-state index in [1.165, 1.54) is 5.56 Å². The van der Waals surface area contributed by atoms with Crippen LogP contribution in [0.25, 0.3) is 0 Å². The molecule has 1 amide bonds. The zero-order chi connectivity index (χ0) is 18.3. The van der Waals surface area contributed by atoms with Crippen molar-refractivity contribution < 1.29 is 4.79 Å². The minimum absolute atomic E-state index is 0. The van der Waals surface area contributed by atoms with E-state index in [2.05, 4.69) is 66.7 Å². The molecular weight excluding hydrogens is 439 g/mol. The molecule has 1 aliphatic rings. The lowest BCUT2D eigenvalue weighted by molar-refractivity contribution is -0.131. The van der Waals surface area contributed by atoms with Crippen molar-refractivity contribution in [3.63, 3.8) is 0 Å². The van der Waals surface area contributed by atoms with E-state index in [0.29, 0.717) is 18.4 Å². The number of carbonyl (C=O) groups is 1. The highest BCUT2D eigenvalue weighted by Crippen LogP contribution is 2.21. The second-order valence-corrected chi connectivity index (χ2v) is 7.81. The van der Waals surface area contributed by atoms with Gasteiger partial charge in [0.15, 0.2) is 5.96 Å². The standard InChI is InChI=1S/C20H32N4O.HI/c1-20(2,3)23-19(21-4)22-15-18(25)24-12-10-17(11-13-24)14-16-8-6-5-7-9-16;/h5-9,17H,10-15H2,1-4H3,(H2,21,22,23);1H. The number of hydrogen-bond acceptors (Lipinski definition) is 2. The summed E-state index contributed by atoms with van der Waals surface area (Å²) in [6, 6.07) is 10.6. The molecule has 0 bridgehead atoms. The Hall–Kier alpha value is -1.31. The van der Waals surface area contributed by atoms with Crippen molar-refractivity contribution in [1.82, 2.24) is 15.5 Å². The van der Waals surface area contributed by atoms with Crippen LogP contribution in [0.5, 0.6) is 0 Å². The van der Waals surface area contributed by atoms with Gasteiger partial charge in [0.2, 0.25) is 5.91 Å². The molecule has 26 heavy (non-hydrogen) atoms. The highest BCUT2D eigenvalue weighted by Gasteiger charge is 2.23. The summed E-state index contributed by atoms with van der Waals surface area (Å²) in [7, 11) is 1.72. The van der Waals surface area contributed by atoms with Gasteiger partial charge < -0.3 is 15.5 Å². The number of halogens is 1. The zero-order valence-electron chi connectivity index (χ0n) is 16.4. The van der Waals surface area contributed by atoms with Gasteiger partial charge in [-0.05, 0) is 51.5 Å². The van der Waals surface area contributed by atoms with E-state index in [0.717, 1.165) is 32.4 Å².